The van der Waals surface area contributed by atoms with E-state index in [4.69, 9.17) is 14.2 Å². The Balaban J connectivity index is 4.50. The number of unbranched alkanes of at least 4 members (excludes halogenated alkanes) is 22. The first kappa shape index (κ1) is 74.3. The van der Waals surface area contributed by atoms with Crippen molar-refractivity contribution in [2.45, 2.75) is 284 Å². The van der Waals surface area contributed by atoms with Crippen molar-refractivity contribution in [3.8, 4) is 0 Å². The van der Waals surface area contributed by atoms with E-state index < -0.39 is 6.10 Å². The summed E-state index contributed by atoms with van der Waals surface area (Å²) >= 11 is 0. The van der Waals surface area contributed by atoms with Gasteiger partial charge in [-0.15, -0.1) is 0 Å². The predicted molar refractivity (Wildman–Crippen MR) is 343 cm³/mol. The van der Waals surface area contributed by atoms with Gasteiger partial charge < -0.3 is 14.2 Å². The summed E-state index contributed by atoms with van der Waals surface area (Å²) in [6, 6.07) is 0. The molecule has 0 heterocycles. The number of rotatable bonds is 57. The minimum atomic E-state index is -0.821. The molecule has 0 saturated heterocycles. The van der Waals surface area contributed by atoms with Gasteiger partial charge in [-0.25, -0.2) is 0 Å². The Labute approximate surface area is 487 Å². The largest absolute Gasteiger partial charge is 0.462 e. The van der Waals surface area contributed by atoms with Crippen molar-refractivity contribution in [1.29, 1.82) is 0 Å². The number of hydrogen-bond donors (Lipinski definition) is 0. The molecule has 0 fully saturated rings. The molecule has 0 amide bonds. The summed E-state index contributed by atoms with van der Waals surface area (Å²) in [5.74, 6) is -0.980. The van der Waals surface area contributed by atoms with Crippen molar-refractivity contribution < 1.29 is 28.6 Å². The van der Waals surface area contributed by atoms with Crippen molar-refractivity contribution in [2.75, 3.05) is 13.2 Å². The molecular formula is C73H118O6. The third-order valence-electron chi connectivity index (χ3n) is 13.3. The zero-order valence-electron chi connectivity index (χ0n) is 51.1. The highest BCUT2D eigenvalue weighted by atomic mass is 16.6. The maximum Gasteiger partial charge on any atom is 0.306 e. The van der Waals surface area contributed by atoms with Crippen LogP contribution in [-0.4, -0.2) is 37.2 Å². The Morgan fingerprint density at radius 2 is 0.494 bits per heavy atom. The van der Waals surface area contributed by atoms with Crippen LogP contribution in [0, 0.1) is 0 Å². The van der Waals surface area contributed by atoms with Crippen molar-refractivity contribution in [3.05, 3.63) is 146 Å². The maximum atomic E-state index is 12.9. The first-order valence-corrected chi connectivity index (χ1v) is 32.3. The third kappa shape index (κ3) is 64.0. The van der Waals surface area contributed by atoms with Gasteiger partial charge in [0.1, 0.15) is 13.2 Å². The standard InChI is InChI=1S/C73H118O6/c1-4-7-10-13-16-19-22-25-28-31-33-35-36-38-39-42-45-48-51-54-57-60-63-66-72(75)78-69-70(68-77-71(74)65-62-59-56-53-50-47-44-41-30-27-24-21-18-15-12-9-6-3)79-73(76)67-64-61-58-55-52-49-46-43-40-37-34-32-29-26-23-20-17-14-11-8-5-2/h8-9,11-12,17-18,20-22,25-27,29-31,33-34,37,43-44,46-47,52,55,70H,4-7,10,13-16,19,23-24,28,32,35-36,38-42,45,48-51,53-54,56-69H2,1-3H3/b11-8-,12-9-,20-17-,21-18-,25-22-,29-26-,30-27-,33-31-,37-34-,46-43-,47-44-,55-52-. The van der Waals surface area contributed by atoms with Crippen molar-refractivity contribution >= 4 is 17.9 Å². The number of esters is 3. The van der Waals surface area contributed by atoms with E-state index in [1.54, 1.807) is 0 Å². The van der Waals surface area contributed by atoms with Crippen LogP contribution >= 0.6 is 0 Å². The molecule has 0 spiro atoms. The highest BCUT2D eigenvalue weighted by Crippen LogP contribution is 2.15. The lowest BCUT2D eigenvalue weighted by atomic mass is 10.0. The summed E-state index contributed by atoms with van der Waals surface area (Å²) in [6.45, 7) is 6.35. The van der Waals surface area contributed by atoms with Crippen LogP contribution in [0.1, 0.15) is 278 Å². The van der Waals surface area contributed by atoms with Crippen molar-refractivity contribution in [1.82, 2.24) is 0 Å². The van der Waals surface area contributed by atoms with Crippen LogP contribution < -0.4 is 0 Å². The molecular weight excluding hydrogens is 973 g/mol. The SMILES string of the molecule is CC/C=C\C/C=C\C/C=C\C/C=C\C/C=C\C/C=C\CCCCC(=O)OC(COC(=O)CCCCCC/C=C\C/C=C\C/C=C\C/C=C\CC)COC(=O)CCCCCCCCCCCCC/C=C\C/C=C\CCCCCCC. The van der Waals surface area contributed by atoms with Crippen LogP contribution in [0.2, 0.25) is 0 Å². The Hall–Kier alpha value is -4.71. The molecule has 0 saturated carbocycles. The monoisotopic (exact) mass is 1090 g/mol. The van der Waals surface area contributed by atoms with E-state index in [-0.39, 0.29) is 37.5 Å². The average molecular weight is 1090 g/mol. The highest BCUT2D eigenvalue weighted by Gasteiger charge is 2.19. The van der Waals surface area contributed by atoms with Crippen molar-refractivity contribution in [3.63, 3.8) is 0 Å². The second-order valence-corrected chi connectivity index (χ2v) is 20.9. The smallest absolute Gasteiger partial charge is 0.306 e. The van der Waals surface area contributed by atoms with E-state index in [1.807, 2.05) is 0 Å². The lowest BCUT2D eigenvalue weighted by Gasteiger charge is -2.18. The summed E-state index contributed by atoms with van der Waals surface area (Å²) in [5.41, 5.74) is 0. The summed E-state index contributed by atoms with van der Waals surface area (Å²) in [7, 11) is 0. The number of carbonyl (C=O) groups excluding carboxylic acids is 3. The normalized spacial score (nSPS) is 13.1. The Morgan fingerprint density at radius 1 is 0.266 bits per heavy atom. The van der Waals surface area contributed by atoms with Crippen LogP contribution in [0.25, 0.3) is 0 Å². The van der Waals surface area contributed by atoms with Gasteiger partial charge in [0.2, 0.25) is 0 Å². The number of ether oxygens (including phenoxy) is 3. The first-order chi connectivity index (χ1) is 39.0. The van der Waals surface area contributed by atoms with Crippen LogP contribution in [0.5, 0.6) is 0 Å². The summed E-state index contributed by atoms with van der Waals surface area (Å²) in [4.78, 5) is 38.4. The van der Waals surface area contributed by atoms with E-state index in [0.717, 1.165) is 135 Å². The molecule has 6 nitrogen and oxygen atoms in total. The van der Waals surface area contributed by atoms with Gasteiger partial charge in [-0.05, 0) is 141 Å². The molecule has 446 valence electrons. The third-order valence-corrected chi connectivity index (χ3v) is 13.3. The van der Waals surface area contributed by atoms with E-state index in [9.17, 15) is 14.4 Å². The molecule has 0 aromatic rings. The summed E-state index contributed by atoms with van der Waals surface area (Å²) < 4.78 is 16.9. The molecule has 79 heavy (non-hydrogen) atoms. The molecule has 1 unspecified atom stereocenters. The van der Waals surface area contributed by atoms with Gasteiger partial charge >= 0.3 is 17.9 Å². The fraction of sp³-hybridized carbons (Fsp3) is 0.630. The van der Waals surface area contributed by atoms with Crippen LogP contribution in [0.3, 0.4) is 0 Å². The molecule has 0 aliphatic rings. The summed E-state index contributed by atoms with van der Waals surface area (Å²) in [5, 5.41) is 0. The maximum absolute atomic E-state index is 12.9. The average Bonchev–Trinajstić information content (AvgIpc) is 3.45. The molecule has 0 aliphatic carbocycles. The number of hydrogen-bond acceptors (Lipinski definition) is 6. The van der Waals surface area contributed by atoms with E-state index in [1.165, 1.54) is 96.3 Å². The van der Waals surface area contributed by atoms with Gasteiger partial charge in [-0.3, -0.25) is 14.4 Å². The molecule has 0 bridgehead atoms. The van der Waals surface area contributed by atoms with Crippen LogP contribution in [0.15, 0.2) is 146 Å². The van der Waals surface area contributed by atoms with Crippen LogP contribution in [-0.2, 0) is 28.6 Å². The topological polar surface area (TPSA) is 78.9 Å². The van der Waals surface area contributed by atoms with E-state index >= 15 is 0 Å². The fourth-order valence-corrected chi connectivity index (χ4v) is 8.53. The second-order valence-electron chi connectivity index (χ2n) is 20.9. The Kier molecular flexibility index (Phi) is 61.9. The lowest BCUT2D eigenvalue weighted by Crippen LogP contribution is -2.30. The second kappa shape index (κ2) is 65.8. The van der Waals surface area contributed by atoms with Gasteiger partial charge in [0.05, 0.1) is 0 Å². The van der Waals surface area contributed by atoms with Gasteiger partial charge in [-0.2, -0.15) is 0 Å². The Bertz CT molecular complexity index is 1730. The first-order valence-electron chi connectivity index (χ1n) is 32.3. The minimum Gasteiger partial charge on any atom is -0.462 e. The molecule has 0 aromatic carbocycles. The lowest BCUT2D eigenvalue weighted by molar-refractivity contribution is -0.167. The molecule has 6 heteroatoms. The van der Waals surface area contributed by atoms with Crippen molar-refractivity contribution in [2.24, 2.45) is 0 Å². The Morgan fingerprint density at radius 3 is 0.797 bits per heavy atom. The quantitative estimate of drug-likeness (QED) is 0.0261. The zero-order chi connectivity index (χ0) is 57.1. The van der Waals surface area contributed by atoms with Crippen LogP contribution in [0.4, 0.5) is 0 Å². The molecule has 0 rings (SSSR count). The minimum absolute atomic E-state index is 0.110. The molecule has 0 aliphatic heterocycles. The van der Waals surface area contributed by atoms with Gasteiger partial charge in [-0.1, -0.05) is 263 Å². The number of carbonyl (C=O) groups is 3. The molecule has 0 N–H and O–H groups in total. The number of allylic oxidation sites excluding steroid dienone is 24. The van der Waals surface area contributed by atoms with Gasteiger partial charge in [0.25, 0.3) is 0 Å². The fourth-order valence-electron chi connectivity index (χ4n) is 8.53. The molecule has 0 aromatic heterocycles. The van der Waals surface area contributed by atoms with E-state index in [2.05, 4.69) is 167 Å². The van der Waals surface area contributed by atoms with Gasteiger partial charge in [0, 0.05) is 19.3 Å². The predicted octanol–water partition coefficient (Wildman–Crippen LogP) is 22.3. The van der Waals surface area contributed by atoms with E-state index in [0.29, 0.717) is 19.3 Å². The molecule has 0 radical (unpaired) electrons. The van der Waals surface area contributed by atoms with Gasteiger partial charge in [0.15, 0.2) is 6.10 Å². The summed E-state index contributed by atoms with van der Waals surface area (Å²) in [6.07, 6.45) is 94.2. The highest BCUT2D eigenvalue weighted by molar-refractivity contribution is 5.71. The molecule has 1 atom stereocenters. The zero-order valence-corrected chi connectivity index (χ0v) is 51.1.